The van der Waals surface area contributed by atoms with E-state index in [4.69, 9.17) is 14.2 Å². The summed E-state index contributed by atoms with van der Waals surface area (Å²) in [4.78, 5) is 2.31. The van der Waals surface area contributed by atoms with Gasteiger partial charge in [0.1, 0.15) is 12.4 Å². The molecule has 1 aliphatic heterocycles. The molecule has 1 saturated heterocycles. The van der Waals surface area contributed by atoms with Gasteiger partial charge in [0.05, 0.1) is 19.3 Å². The van der Waals surface area contributed by atoms with Crippen LogP contribution >= 0.6 is 0 Å². The highest BCUT2D eigenvalue weighted by atomic mass is 16.5. The molecular formula is C16H26N2O3. The van der Waals surface area contributed by atoms with Crippen molar-refractivity contribution in [2.75, 3.05) is 53.6 Å². The molecule has 1 atom stereocenters. The summed E-state index contributed by atoms with van der Waals surface area (Å²) in [5, 5.41) is 3.45. The quantitative estimate of drug-likeness (QED) is 0.728. The predicted molar refractivity (Wildman–Crippen MR) is 82.8 cm³/mol. The second-order valence-electron chi connectivity index (χ2n) is 5.37. The number of hydrogen-bond acceptors (Lipinski definition) is 5. The number of nitrogens with one attached hydrogen (secondary N) is 1. The van der Waals surface area contributed by atoms with Gasteiger partial charge in [-0.2, -0.15) is 0 Å². The Morgan fingerprint density at radius 2 is 2.29 bits per heavy atom. The summed E-state index contributed by atoms with van der Waals surface area (Å²) in [7, 11) is 3.81. The predicted octanol–water partition coefficient (Wildman–Crippen LogP) is 1.13. The summed E-state index contributed by atoms with van der Waals surface area (Å²) >= 11 is 0. The second-order valence-corrected chi connectivity index (χ2v) is 5.37. The topological polar surface area (TPSA) is 43.0 Å². The molecule has 118 valence electrons. The average molecular weight is 294 g/mol. The normalized spacial score (nSPS) is 19.6. The lowest BCUT2D eigenvalue weighted by atomic mass is 10.2. The third kappa shape index (κ3) is 6.01. The monoisotopic (exact) mass is 294 g/mol. The molecule has 0 bridgehead atoms. The largest absolute Gasteiger partial charge is 0.491 e. The van der Waals surface area contributed by atoms with E-state index in [1.54, 1.807) is 7.11 Å². The molecule has 21 heavy (non-hydrogen) atoms. The molecule has 1 N–H and O–H groups in total. The zero-order chi connectivity index (χ0) is 14.9. The van der Waals surface area contributed by atoms with Gasteiger partial charge in [-0.05, 0) is 24.7 Å². The van der Waals surface area contributed by atoms with Crippen molar-refractivity contribution in [2.24, 2.45) is 0 Å². The van der Waals surface area contributed by atoms with E-state index in [1.165, 1.54) is 5.56 Å². The highest BCUT2D eigenvalue weighted by Crippen LogP contribution is 2.13. The molecule has 5 nitrogen and oxygen atoms in total. The van der Waals surface area contributed by atoms with E-state index in [2.05, 4.69) is 29.4 Å². The summed E-state index contributed by atoms with van der Waals surface area (Å²) in [5.74, 6) is 0.889. The average Bonchev–Trinajstić information content (AvgIpc) is 2.48. The Hall–Kier alpha value is -1.14. The molecular weight excluding hydrogens is 268 g/mol. The van der Waals surface area contributed by atoms with Crippen LogP contribution in [0.1, 0.15) is 5.56 Å². The molecule has 2 rings (SSSR count). The van der Waals surface area contributed by atoms with E-state index in [0.29, 0.717) is 13.2 Å². The van der Waals surface area contributed by atoms with Gasteiger partial charge in [-0.1, -0.05) is 12.1 Å². The molecule has 5 heteroatoms. The number of methoxy groups -OCH3 is 1. The Morgan fingerprint density at radius 1 is 1.38 bits per heavy atom. The fourth-order valence-electron chi connectivity index (χ4n) is 2.36. The second kappa shape index (κ2) is 9.00. The van der Waals surface area contributed by atoms with Crippen LogP contribution in [0.4, 0.5) is 0 Å². The van der Waals surface area contributed by atoms with Crippen LogP contribution in [-0.4, -0.2) is 64.6 Å². The summed E-state index contributed by atoms with van der Waals surface area (Å²) in [6.45, 7) is 5.73. The van der Waals surface area contributed by atoms with Gasteiger partial charge in [0.25, 0.3) is 0 Å². The number of nitrogens with zero attached hydrogens (tertiary/aromatic N) is 1. The minimum Gasteiger partial charge on any atom is -0.491 e. The molecule has 0 aliphatic carbocycles. The third-order valence-corrected chi connectivity index (χ3v) is 3.50. The maximum atomic E-state index is 5.73. The van der Waals surface area contributed by atoms with Gasteiger partial charge in [-0.3, -0.25) is 0 Å². The van der Waals surface area contributed by atoms with Crippen LogP contribution in [0.15, 0.2) is 24.3 Å². The molecule has 1 aliphatic rings. The first-order chi connectivity index (χ1) is 10.3. The summed E-state index contributed by atoms with van der Waals surface area (Å²) in [5.41, 5.74) is 1.22. The van der Waals surface area contributed by atoms with E-state index >= 15 is 0 Å². The van der Waals surface area contributed by atoms with Crippen molar-refractivity contribution >= 4 is 0 Å². The van der Waals surface area contributed by atoms with Crippen LogP contribution in [0, 0.1) is 0 Å². The van der Waals surface area contributed by atoms with Gasteiger partial charge in [0.15, 0.2) is 0 Å². The lowest BCUT2D eigenvalue weighted by Crippen LogP contribution is -2.44. The lowest BCUT2D eigenvalue weighted by Gasteiger charge is -2.30. The number of morpholine rings is 1. The standard InChI is InChI=1S/C16H26N2O3/c1-18-6-7-20-16(13-18)12-17-11-14-4-3-5-15(10-14)21-9-8-19-2/h3-5,10,16-17H,6-9,11-13H2,1-2H3/t16-/m1/s1. The Labute approximate surface area is 127 Å². The number of benzene rings is 1. The molecule has 0 saturated carbocycles. The summed E-state index contributed by atoms with van der Waals surface area (Å²) in [6.07, 6.45) is 0.282. The van der Waals surface area contributed by atoms with Gasteiger partial charge in [-0.25, -0.2) is 0 Å². The molecule has 1 fully saturated rings. The van der Waals surface area contributed by atoms with Crippen molar-refractivity contribution in [3.05, 3.63) is 29.8 Å². The SMILES string of the molecule is COCCOc1cccc(CNC[C@@H]2CN(C)CCO2)c1. The van der Waals surface area contributed by atoms with E-state index < -0.39 is 0 Å². The van der Waals surface area contributed by atoms with Crippen molar-refractivity contribution in [1.29, 1.82) is 0 Å². The Morgan fingerprint density at radius 3 is 3.10 bits per heavy atom. The van der Waals surface area contributed by atoms with E-state index in [1.807, 2.05) is 12.1 Å². The van der Waals surface area contributed by atoms with Gasteiger partial charge >= 0.3 is 0 Å². The molecule has 0 aromatic heterocycles. The van der Waals surface area contributed by atoms with E-state index in [0.717, 1.165) is 38.5 Å². The van der Waals surface area contributed by atoms with Crippen molar-refractivity contribution in [3.8, 4) is 5.75 Å². The van der Waals surface area contributed by atoms with Gasteiger partial charge < -0.3 is 24.4 Å². The molecule has 0 unspecified atom stereocenters. The van der Waals surface area contributed by atoms with E-state index in [-0.39, 0.29) is 6.10 Å². The zero-order valence-electron chi connectivity index (χ0n) is 13.0. The number of ether oxygens (including phenoxy) is 3. The Bertz CT molecular complexity index is 414. The fraction of sp³-hybridized carbons (Fsp3) is 0.625. The first kappa shape index (κ1) is 16.2. The van der Waals surface area contributed by atoms with Crippen molar-refractivity contribution in [2.45, 2.75) is 12.6 Å². The highest BCUT2D eigenvalue weighted by Gasteiger charge is 2.16. The molecule has 1 aromatic rings. The van der Waals surface area contributed by atoms with E-state index in [9.17, 15) is 0 Å². The van der Waals surface area contributed by atoms with Crippen LogP contribution < -0.4 is 10.1 Å². The van der Waals surface area contributed by atoms with Crippen molar-refractivity contribution < 1.29 is 14.2 Å². The van der Waals surface area contributed by atoms with Crippen molar-refractivity contribution in [3.63, 3.8) is 0 Å². The van der Waals surface area contributed by atoms with Crippen LogP contribution in [0.25, 0.3) is 0 Å². The highest BCUT2D eigenvalue weighted by molar-refractivity contribution is 5.28. The minimum absolute atomic E-state index is 0.282. The summed E-state index contributed by atoms with van der Waals surface area (Å²) in [6, 6.07) is 8.16. The molecule has 0 amide bonds. The molecule has 0 radical (unpaired) electrons. The van der Waals surface area contributed by atoms with Crippen LogP contribution in [0.5, 0.6) is 5.75 Å². The third-order valence-electron chi connectivity index (χ3n) is 3.50. The smallest absolute Gasteiger partial charge is 0.119 e. The first-order valence-corrected chi connectivity index (χ1v) is 7.49. The number of rotatable bonds is 8. The van der Waals surface area contributed by atoms with Crippen molar-refractivity contribution in [1.82, 2.24) is 10.2 Å². The number of hydrogen-bond donors (Lipinski definition) is 1. The first-order valence-electron chi connectivity index (χ1n) is 7.49. The van der Waals surface area contributed by atoms with Crippen LogP contribution in [0.2, 0.25) is 0 Å². The maximum absolute atomic E-state index is 5.73. The zero-order valence-corrected chi connectivity index (χ0v) is 13.0. The number of likely N-dealkylation sites (N-methyl/N-ethyl adjacent to an activating group) is 1. The minimum atomic E-state index is 0.282. The Balaban J connectivity index is 1.71. The Kier molecular flexibility index (Phi) is 6.95. The maximum Gasteiger partial charge on any atom is 0.119 e. The van der Waals surface area contributed by atoms with Crippen LogP contribution in [0.3, 0.4) is 0 Å². The van der Waals surface area contributed by atoms with Gasteiger partial charge in [-0.15, -0.1) is 0 Å². The molecule has 0 spiro atoms. The molecule has 1 heterocycles. The van der Waals surface area contributed by atoms with Gasteiger partial charge in [0, 0.05) is 33.3 Å². The van der Waals surface area contributed by atoms with Crippen LogP contribution in [-0.2, 0) is 16.0 Å². The molecule has 1 aromatic carbocycles. The lowest BCUT2D eigenvalue weighted by molar-refractivity contribution is -0.0182. The van der Waals surface area contributed by atoms with Gasteiger partial charge in [0.2, 0.25) is 0 Å². The summed E-state index contributed by atoms with van der Waals surface area (Å²) < 4.78 is 16.3. The fourth-order valence-corrected chi connectivity index (χ4v) is 2.36.